The fourth-order valence-corrected chi connectivity index (χ4v) is 1.58. The summed E-state index contributed by atoms with van der Waals surface area (Å²) in [6, 6.07) is 10.0. The molecule has 90 valence electrons. The Morgan fingerprint density at radius 1 is 1.06 bits per heavy atom. The van der Waals surface area contributed by atoms with Gasteiger partial charge in [-0.2, -0.15) is 0 Å². The lowest BCUT2D eigenvalue weighted by Gasteiger charge is -2.15. The molecule has 2 nitrogen and oxygen atoms in total. The molecule has 1 aromatic rings. The van der Waals surface area contributed by atoms with Gasteiger partial charge in [0.2, 0.25) is 0 Å². The van der Waals surface area contributed by atoms with Gasteiger partial charge in [0.15, 0.2) is 0 Å². The minimum absolute atomic E-state index is 0.806. The van der Waals surface area contributed by atoms with Gasteiger partial charge in [0, 0.05) is 6.54 Å². The van der Waals surface area contributed by atoms with Crippen LogP contribution in [0, 0.1) is 0 Å². The number of ether oxygens (including phenoxy) is 1. The monoisotopic (exact) mass is 221 g/mol. The molecule has 0 amide bonds. The summed E-state index contributed by atoms with van der Waals surface area (Å²) in [6.07, 6.45) is 3.65. The molecule has 0 aliphatic rings. The summed E-state index contributed by atoms with van der Waals surface area (Å²) >= 11 is 0. The van der Waals surface area contributed by atoms with E-state index in [0.29, 0.717) is 0 Å². The molecule has 0 aliphatic heterocycles. The summed E-state index contributed by atoms with van der Waals surface area (Å²) in [6.45, 7) is 5.35. The van der Waals surface area contributed by atoms with Gasteiger partial charge in [0.05, 0.1) is 6.61 Å². The van der Waals surface area contributed by atoms with Crippen molar-refractivity contribution in [3.63, 3.8) is 0 Å². The van der Waals surface area contributed by atoms with Crippen LogP contribution in [0.15, 0.2) is 30.3 Å². The number of hydrogen-bond donors (Lipinski definition) is 0. The van der Waals surface area contributed by atoms with Gasteiger partial charge < -0.3 is 9.64 Å². The summed E-state index contributed by atoms with van der Waals surface area (Å²) in [5, 5.41) is 0. The molecule has 0 heterocycles. The van der Waals surface area contributed by atoms with Crippen LogP contribution in [0.25, 0.3) is 0 Å². The van der Waals surface area contributed by atoms with Crippen molar-refractivity contribution in [3.8, 4) is 5.75 Å². The molecule has 0 spiro atoms. The predicted molar refractivity (Wildman–Crippen MR) is 69.0 cm³/mol. The number of rotatable bonds is 8. The Balaban J connectivity index is 2.03. The van der Waals surface area contributed by atoms with Crippen molar-refractivity contribution >= 4 is 0 Å². The lowest BCUT2D eigenvalue weighted by Crippen LogP contribution is -2.22. The van der Waals surface area contributed by atoms with E-state index in [4.69, 9.17) is 4.74 Å². The van der Waals surface area contributed by atoms with Crippen molar-refractivity contribution < 1.29 is 4.74 Å². The molecule has 0 atom stereocenters. The highest BCUT2D eigenvalue weighted by molar-refractivity contribution is 5.20. The van der Waals surface area contributed by atoms with Crippen molar-refractivity contribution in [1.29, 1.82) is 0 Å². The van der Waals surface area contributed by atoms with Crippen LogP contribution < -0.4 is 4.74 Å². The summed E-state index contributed by atoms with van der Waals surface area (Å²) in [5.41, 5.74) is 0. The molecule has 0 N–H and O–H groups in total. The minimum Gasteiger partial charge on any atom is -0.494 e. The number of para-hydroxylation sites is 1. The van der Waals surface area contributed by atoms with E-state index in [1.807, 2.05) is 30.3 Å². The standard InChI is InChI=1S/C14H23NO/c1-3-4-11-15(2)12-8-13-16-14-9-6-5-7-10-14/h5-7,9-10H,3-4,8,11-13H2,1-2H3. The molecule has 0 bridgehead atoms. The van der Waals surface area contributed by atoms with Gasteiger partial charge in [-0.15, -0.1) is 0 Å². The number of hydrogen-bond acceptors (Lipinski definition) is 2. The van der Waals surface area contributed by atoms with Crippen molar-refractivity contribution in [2.45, 2.75) is 26.2 Å². The Labute approximate surface area is 99.2 Å². The Morgan fingerprint density at radius 2 is 1.75 bits per heavy atom. The van der Waals surface area contributed by atoms with Crippen LogP contribution in [0.3, 0.4) is 0 Å². The highest BCUT2D eigenvalue weighted by atomic mass is 16.5. The second-order valence-electron chi connectivity index (χ2n) is 4.17. The average molecular weight is 221 g/mol. The first-order valence-corrected chi connectivity index (χ1v) is 6.19. The number of nitrogens with zero attached hydrogens (tertiary/aromatic N) is 1. The van der Waals surface area contributed by atoms with Crippen molar-refractivity contribution in [2.24, 2.45) is 0 Å². The largest absolute Gasteiger partial charge is 0.494 e. The first kappa shape index (κ1) is 13.0. The van der Waals surface area contributed by atoms with Crippen LogP contribution in [0.2, 0.25) is 0 Å². The molecule has 2 heteroatoms. The quantitative estimate of drug-likeness (QED) is 0.625. The lowest BCUT2D eigenvalue weighted by atomic mass is 10.3. The lowest BCUT2D eigenvalue weighted by molar-refractivity contribution is 0.261. The first-order chi connectivity index (χ1) is 7.83. The summed E-state index contributed by atoms with van der Waals surface area (Å²) in [7, 11) is 2.18. The first-order valence-electron chi connectivity index (χ1n) is 6.19. The van der Waals surface area contributed by atoms with E-state index in [-0.39, 0.29) is 0 Å². The van der Waals surface area contributed by atoms with Crippen LogP contribution in [-0.2, 0) is 0 Å². The Bertz CT molecular complexity index is 261. The van der Waals surface area contributed by atoms with Crippen LogP contribution >= 0.6 is 0 Å². The second kappa shape index (κ2) is 8.17. The van der Waals surface area contributed by atoms with Crippen molar-refractivity contribution in [3.05, 3.63) is 30.3 Å². The molecule has 1 aromatic carbocycles. The summed E-state index contributed by atoms with van der Waals surface area (Å²) < 4.78 is 5.63. The normalized spacial score (nSPS) is 10.7. The highest BCUT2D eigenvalue weighted by Crippen LogP contribution is 2.08. The molecular formula is C14H23NO. The van der Waals surface area contributed by atoms with Gasteiger partial charge in [-0.3, -0.25) is 0 Å². The van der Waals surface area contributed by atoms with Gasteiger partial charge in [0.25, 0.3) is 0 Å². The van der Waals surface area contributed by atoms with Gasteiger partial charge in [-0.25, -0.2) is 0 Å². The van der Waals surface area contributed by atoms with Crippen molar-refractivity contribution in [2.75, 3.05) is 26.7 Å². The summed E-state index contributed by atoms with van der Waals surface area (Å²) in [4.78, 5) is 2.37. The van der Waals surface area contributed by atoms with E-state index in [9.17, 15) is 0 Å². The predicted octanol–water partition coefficient (Wildman–Crippen LogP) is 3.19. The van der Waals surface area contributed by atoms with E-state index in [1.54, 1.807) is 0 Å². The maximum absolute atomic E-state index is 5.63. The Hall–Kier alpha value is -1.02. The molecular weight excluding hydrogens is 198 g/mol. The Kier molecular flexibility index (Phi) is 6.66. The average Bonchev–Trinajstić information content (AvgIpc) is 2.33. The van der Waals surface area contributed by atoms with Crippen LogP contribution in [0.5, 0.6) is 5.75 Å². The third kappa shape index (κ3) is 5.76. The smallest absolute Gasteiger partial charge is 0.119 e. The highest BCUT2D eigenvalue weighted by Gasteiger charge is 1.97. The maximum Gasteiger partial charge on any atom is 0.119 e. The van der Waals surface area contributed by atoms with Crippen LogP contribution in [0.4, 0.5) is 0 Å². The van der Waals surface area contributed by atoms with E-state index in [0.717, 1.165) is 25.3 Å². The third-order valence-electron chi connectivity index (χ3n) is 2.59. The van der Waals surface area contributed by atoms with E-state index < -0.39 is 0 Å². The van der Waals surface area contributed by atoms with Gasteiger partial charge in [0.1, 0.15) is 5.75 Å². The van der Waals surface area contributed by atoms with Gasteiger partial charge in [-0.05, 0) is 38.6 Å². The molecule has 0 fully saturated rings. The van der Waals surface area contributed by atoms with E-state index in [1.165, 1.54) is 19.4 Å². The number of unbranched alkanes of at least 4 members (excludes halogenated alkanes) is 1. The van der Waals surface area contributed by atoms with E-state index in [2.05, 4.69) is 18.9 Å². The molecule has 0 unspecified atom stereocenters. The third-order valence-corrected chi connectivity index (χ3v) is 2.59. The molecule has 0 saturated carbocycles. The van der Waals surface area contributed by atoms with Crippen LogP contribution in [-0.4, -0.2) is 31.6 Å². The molecule has 0 aliphatic carbocycles. The van der Waals surface area contributed by atoms with Gasteiger partial charge >= 0.3 is 0 Å². The van der Waals surface area contributed by atoms with E-state index >= 15 is 0 Å². The molecule has 1 rings (SSSR count). The zero-order valence-corrected chi connectivity index (χ0v) is 10.5. The number of benzene rings is 1. The molecule has 16 heavy (non-hydrogen) atoms. The molecule has 0 radical (unpaired) electrons. The zero-order chi connectivity index (χ0) is 11.6. The van der Waals surface area contributed by atoms with Crippen LogP contribution in [0.1, 0.15) is 26.2 Å². The second-order valence-corrected chi connectivity index (χ2v) is 4.17. The maximum atomic E-state index is 5.63. The van der Waals surface area contributed by atoms with Crippen molar-refractivity contribution in [1.82, 2.24) is 4.90 Å². The molecule has 0 aromatic heterocycles. The zero-order valence-electron chi connectivity index (χ0n) is 10.5. The summed E-state index contributed by atoms with van der Waals surface area (Å²) in [5.74, 6) is 0.971. The topological polar surface area (TPSA) is 12.5 Å². The fraction of sp³-hybridized carbons (Fsp3) is 0.571. The minimum atomic E-state index is 0.806. The molecule has 0 saturated heterocycles. The van der Waals surface area contributed by atoms with Gasteiger partial charge in [-0.1, -0.05) is 31.5 Å². The Morgan fingerprint density at radius 3 is 2.44 bits per heavy atom. The SMILES string of the molecule is CCCCN(C)CCCOc1ccccc1. The fourth-order valence-electron chi connectivity index (χ4n) is 1.58.